The Labute approximate surface area is 265 Å². The van der Waals surface area contributed by atoms with Crippen molar-refractivity contribution in [1.82, 2.24) is 39.7 Å². The van der Waals surface area contributed by atoms with Crippen molar-refractivity contribution in [3.63, 3.8) is 0 Å². The lowest BCUT2D eigenvalue weighted by atomic mass is 9.91. The lowest BCUT2D eigenvalue weighted by Crippen LogP contribution is -2.57. The third kappa shape index (κ3) is 5.11. The Morgan fingerprint density at radius 2 is 1.93 bits per heavy atom. The molecule has 3 aliphatic rings. The van der Waals surface area contributed by atoms with Gasteiger partial charge >= 0.3 is 0 Å². The average Bonchev–Trinajstić information content (AvgIpc) is 3.38. The van der Waals surface area contributed by atoms with E-state index in [0.29, 0.717) is 44.1 Å². The van der Waals surface area contributed by atoms with Gasteiger partial charge < -0.3 is 19.3 Å². The quantitative estimate of drug-likeness (QED) is 0.266. The minimum absolute atomic E-state index is 0.215. The average molecular weight is 654 g/mol. The molecule has 4 aromatic heterocycles. The monoisotopic (exact) mass is 652 g/mol. The molecule has 226 valence electrons. The van der Waals surface area contributed by atoms with Gasteiger partial charge in [0.1, 0.15) is 52.1 Å². The molecule has 1 N–H and O–H groups in total. The van der Waals surface area contributed by atoms with Crippen molar-refractivity contribution in [2.24, 2.45) is 0 Å². The smallest absolute Gasteiger partial charge is 0.184 e. The molecule has 6 heterocycles. The number of benzene rings is 1. The topological polar surface area (TPSA) is 135 Å². The van der Waals surface area contributed by atoms with E-state index in [9.17, 15) is 5.11 Å². The zero-order valence-corrected chi connectivity index (χ0v) is 25.6. The van der Waals surface area contributed by atoms with Crippen molar-refractivity contribution in [3.05, 3.63) is 87.3 Å². The fraction of sp³-hybridized carbons (Fsp3) is 0.379. The van der Waals surface area contributed by atoms with Crippen LogP contribution in [0.2, 0.25) is 10.2 Å². The molecule has 4 unspecified atom stereocenters. The van der Waals surface area contributed by atoms with Crippen LogP contribution in [0, 0.1) is 6.92 Å². The fourth-order valence-electron chi connectivity index (χ4n) is 5.88. The summed E-state index contributed by atoms with van der Waals surface area (Å²) in [6, 6.07) is 10.7. The highest BCUT2D eigenvalue weighted by molar-refractivity contribution is 7.13. The van der Waals surface area contributed by atoms with E-state index >= 15 is 0 Å². The number of hydrogen-bond donors (Lipinski definition) is 1. The molecule has 1 aromatic carbocycles. The van der Waals surface area contributed by atoms with Crippen molar-refractivity contribution >= 4 is 34.5 Å². The maximum Gasteiger partial charge on any atom is 0.184 e. The van der Waals surface area contributed by atoms with Gasteiger partial charge in [0.15, 0.2) is 12.1 Å². The number of rotatable bonds is 6. The van der Waals surface area contributed by atoms with E-state index in [2.05, 4.69) is 20.3 Å². The summed E-state index contributed by atoms with van der Waals surface area (Å²) in [6.07, 6.45) is 1.51. The van der Waals surface area contributed by atoms with Gasteiger partial charge in [0, 0.05) is 23.1 Å². The van der Waals surface area contributed by atoms with Gasteiger partial charge in [-0.15, -0.1) is 16.4 Å². The lowest BCUT2D eigenvalue weighted by molar-refractivity contribution is -0.319. The number of pyridine rings is 1. The Bertz CT molecular complexity index is 1810. The number of nitrogens with zero attached hydrogens (tertiary/aromatic N) is 8. The van der Waals surface area contributed by atoms with E-state index in [1.165, 1.54) is 11.3 Å². The summed E-state index contributed by atoms with van der Waals surface area (Å²) >= 11 is 13.8. The number of thiazole rings is 1. The van der Waals surface area contributed by atoms with Crippen molar-refractivity contribution < 1.29 is 19.3 Å². The second kappa shape index (κ2) is 11.2. The Morgan fingerprint density at radius 1 is 1.09 bits per heavy atom. The number of aryl methyl sites for hydroxylation is 1. The fourth-order valence-corrected chi connectivity index (χ4v) is 6.92. The van der Waals surface area contributed by atoms with Gasteiger partial charge in [-0.1, -0.05) is 58.7 Å². The van der Waals surface area contributed by atoms with Crippen molar-refractivity contribution in [3.8, 4) is 16.4 Å². The minimum Gasteiger partial charge on any atom is -0.388 e. The van der Waals surface area contributed by atoms with E-state index in [1.807, 2.05) is 36.4 Å². The van der Waals surface area contributed by atoms with Crippen LogP contribution < -0.4 is 0 Å². The Balaban J connectivity index is 1.20. The zero-order chi connectivity index (χ0) is 29.9. The lowest BCUT2D eigenvalue weighted by Gasteiger charge is -2.47. The maximum absolute atomic E-state index is 12.1. The second-order valence-corrected chi connectivity index (χ2v) is 12.8. The van der Waals surface area contributed by atoms with Crippen molar-refractivity contribution in [2.45, 2.75) is 62.4 Å². The van der Waals surface area contributed by atoms with Gasteiger partial charge in [0.2, 0.25) is 0 Å². The Morgan fingerprint density at radius 3 is 2.70 bits per heavy atom. The molecule has 0 radical (unpaired) electrons. The standard InChI is InChI=1S/C29H26Cl2N8O4S/c1-14-33-27(39(36-14)19-9-17(30)10-32-22(19)15-7-8-15)26-24(40)23(38-11-18(35-37-38)28-34-21(31)13-44-28)25-20(42-26)12-41-29(43-25)16-5-3-2-4-6-16/h2-6,9-11,13,15,20,23-26,29,40H,7-8,12H2,1H3/t20?,23?,24?,25-,26+,29?/m0/s1. The predicted octanol–water partition coefficient (Wildman–Crippen LogP) is 5.03. The molecule has 2 saturated heterocycles. The number of ether oxygens (including phenoxy) is 3. The van der Waals surface area contributed by atoms with Crippen molar-refractivity contribution in [2.75, 3.05) is 6.61 Å². The Hall–Kier alpha value is -3.30. The largest absolute Gasteiger partial charge is 0.388 e. The van der Waals surface area contributed by atoms with Crippen LogP contribution in [-0.4, -0.2) is 69.8 Å². The molecule has 6 atom stereocenters. The summed E-state index contributed by atoms with van der Waals surface area (Å²) in [7, 11) is 0. The number of fused-ring (bicyclic) bond motifs is 1. The van der Waals surface area contributed by atoms with Crippen LogP contribution in [0.1, 0.15) is 60.1 Å². The van der Waals surface area contributed by atoms with Crippen LogP contribution in [0.15, 0.2) is 54.2 Å². The first kappa shape index (κ1) is 28.2. The number of aliphatic hydroxyl groups is 1. The summed E-state index contributed by atoms with van der Waals surface area (Å²) in [4.78, 5) is 13.7. The van der Waals surface area contributed by atoms with E-state index in [4.69, 9.17) is 47.5 Å². The van der Waals surface area contributed by atoms with Crippen LogP contribution in [0.4, 0.5) is 0 Å². The molecule has 2 aliphatic heterocycles. The highest BCUT2D eigenvalue weighted by Gasteiger charge is 2.52. The van der Waals surface area contributed by atoms with Gasteiger partial charge in [-0.2, -0.15) is 5.10 Å². The second-order valence-electron chi connectivity index (χ2n) is 11.1. The summed E-state index contributed by atoms with van der Waals surface area (Å²) < 4.78 is 22.5. The highest BCUT2D eigenvalue weighted by atomic mass is 35.5. The molecule has 0 spiro atoms. The molecule has 0 bridgehead atoms. The van der Waals surface area contributed by atoms with Crippen LogP contribution in [0.3, 0.4) is 0 Å². The third-order valence-electron chi connectivity index (χ3n) is 8.01. The molecule has 15 heteroatoms. The molecule has 8 rings (SSSR count). The first-order valence-corrected chi connectivity index (χ1v) is 15.8. The van der Waals surface area contributed by atoms with Gasteiger partial charge in [-0.05, 0) is 25.8 Å². The number of halogens is 2. The normalized spacial score (nSPS) is 26.9. The van der Waals surface area contributed by atoms with Gasteiger partial charge in [-0.25, -0.2) is 19.3 Å². The summed E-state index contributed by atoms with van der Waals surface area (Å²) in [5, 5.41) is 28.8. The molecule has 1 aliphatic carbocycles. The highest BCUT2D eigenvalue weighted by Crippen LogP contribution is 2.46. The molecule has 5 aromatic rings. The van der Waals surface area contributed by atoms with Crippen LogP contribution >= 0.6 is 34.5 Å². The summed E-state index contributed by atoms with van der Waals surface area (Å²) in [5.74, 6) is 1.25. The van der Waals surface area contributed by atoms with Crippen LogP contribution in [0.25, 0.3) is 16.4 Å². The molecular weight excluding hydrogens is 627 g/mol. The van der Waals surface area contributed by atoms with Gasteiger partial charge in [-0.3, -0.25) is 4.98 Å². The first-order chi connectivity index (χ1) is 21.4. The van der Waals surface area contributed by atoms with E-state index < -0.39 is 36.7 Å². The molecule has 3 fully saturated rings. The molecule has 12 nitrogen and oxygen atoms in total. The van der Waals surface area contributed by atoms with Crippen molar-refractivity contribution in [1.29, 1.82) is 0 Å². The van der Waals surface area contributed by atoms with Gasteiger partial charge in [0.25, 0.3) is 0 Å². The summed E-state index contributed by atoms with van der Waals surface area (Å²) in [5.41, 5.74) is 2.99. The molecule has 0 amide bonds. The molecule has 1 saturated carbocycles. The number of hydrogen-bond acceptors (Lipinski definition) is 11. The SMILES string of the molecule is Cc1nc([C@@H]2OC3COC(c4ccccc4)O[C@@H]3C(n3cc(-c4nc(Cl)cs4)nn3)C2O)n(-c2cc(Cl)cnc2C2CC2)n1. The summed E-state index contributed by atoms with van der Waals surface area (Å²) in [6.45, 7) is 2.01. The van der Waals surface area contributed by atoms with Gasteiger partial charge in [0.05, 0.1) is 29.2 Å². The third-order valence-corrected chi connectivity index (χ3v) is 9.40. The molecule has 44 heavy (non-hydrogen) atoms. The predicted molar refractivity (Wildman–Crippen MR) is 160 cm³/mol. The minimum atomic E-state index is -1.17. The van der Waals surface area contributed by atoms with Crippen LogP contribution in [-0.2, 0) is 14.2 Å². The molecular formula is C29H26Cl2N8O4S. The maximum atomic E-state index is 12.1. The van der Waals surface area contributed by atoms with E-state index in [1.54, 1.807) is 34.1 Å². The zero-order valence-electron chi connectivity index (χ0n) is 23.3. The van der Waals surface area contributed by atoms with Crippen LogP contribution in [0.5, 0.6) is 0 Å². The first-order valence-electron chi connectivity index (χ1n) is 14.2. The van der Waals surface area contributed by atoms with E-state index in [-0.39, 0.29) is 6.61 Å². The van der Waals surface area contributed by atoms with E-state index in [0.717, 1.165) is 24.1 Å². The number of aromatic nitrogens is 8. The number of aliphatic hydroxyl groups excluding tert-OH is 1. The Kier molecular flexibility index (Phi) is 7.21.